The Morgan fingerprint density at radius 1 is 1.12 bits per heavy atom. The van der Waals surface area contributed by atoms with E-state index in [0.717, 1.165) is 12.8 Å². The number of carbonyl (C=O) groups excluding carboxylic acids is 2. The largest absolute Gasteiger partial charge is 0.462 e. The fourth-order valence-electron chi connectivity index (χ4n) is 4.20. The average Bonchev–Trinajstić information content (AvgIpc) is 3.32. The molecule has 0 saturated heterocycles. The van der Waals surface area contributed by atoms with Crippen LogP contribution < -0.4 is 10.6 Å². The number of urea groups is 1. The molecule has 2 N–H and O–H groups in total. The molecule has 0 radical (unpaired) electrons. The first-order valence-electron chi connectivity index (χ1n) is 11.2. The number of amides is 2. The summed E-state index contributed by atoms with van der Waals surface area (Å²) in [4.78, 5) is 25.2. The monoisotopic (exact) mass is 448 g/mol. The van der Waals surface area contributed by atoms with Crippen LogP contribution in [0.15, 0.2) is 54.6 Å². The second-order valence-electron chi connectivity index (χ2n) is 8.39. The van der Waals surface area contributed by atoms with Gasteiger partial charge in [0.2, 0.25) is 0 Å². The Kier molecular flexibility index (Phi) is 6.67. The van der Waals surface area contributed by atoms with Crippen molar-refractivity contribution in [2.75, 3.05) is 11.9 Å². The highest BCUT2D eigenvalue weighted by molar-refractivity contribution is 5.90. The molecule has 4 rings (SSSR count). The summed E-state index contributed by atoms with van der Waals surface area (Å²) in [5.74, 6) is 0.683. The number of hydrogen-bond acceptors (Lipinski definition) is 6. The summed E-state index contributed by atoms with van der Waals surface area (Å²) in [6.07, 6.45) is 3.27. The normalized spacial score (nSPS) is 20.1. The van der Waals surface area contributed by atoms with Crippen LogP contribution in [0, 0.1) is 5.92 Å². The summed E-state index contributed by atoms with van der Waals surface area (Å²) < 4.78 is 6.72. The van der Waals surface area contributed by atoms with Gasteiger partial charge in [-0.3, -0.25) is 0 Å². The molecule has 172 valence electrons. The van der Waals surface area contributed by atoms with Crippen molar-refractivity contribution in [3.8, 4) is 5.69 Å². The smallest absolute Gasteiger partial charge is 0.338 e. The summed E-state index contributed by atoms with van der Waals surface area (Å²) in [5.41, 5.74) is 1.01. The van der Waals surface area contributed by atoms with Gasteiger partial charge in [0.05, 0.1) is 17.9 Å². The fourth-order valence-corrected chi connectivity index (χ4v) is 4.20. The van der Waals surface area contributed by atoms with Gasteiger partial charge in [0.15, 0.2) is 5.82 Å². The molecule has 1 saturated carbocycles. The molecule has 1 fully saturated rings. The number of nitrogens with zero attached hydrogens (tertiary/aromatic N) is 4. The number of benzene rings is 2. The van der Waals surface area contributed by atoms with Crippen molar-refractivity contribution in [3.05, 3.63) is 66.0 Å². The van der Waals surface area contributed by atoms with Crippen LogP contribution in [0.2, 0.25) is 0 Å². The number of tetrazole rings is 1. The van der Waals surface area contributed by atoms with Gasteiger partial charge < -0.3 is 15.4 Å². The van der Waals surface area contributed by atoms with Crippen molar-refractivity contribution in [1.82, 2.24) is 25.5 Å². The minimum absolute atomic E-state index is 0.293. The predicted octanol–water partition coefficient (Wildman–Crippen LogP) is 4.07. The van der Waals surface area contributed by atoms with Gasteiger partial charge in [-0.2, -0.15) is 4.68 Å². The SMILES string of the molecule is CCOC(=O)c1cccc(-n2nnnc2C2(NC(=O)Nc3ccccc3)CCC(C)CC2)c1. The van der Waals surface area contributed by atoms with E-state index in [1.165, 1.54) is 0 Å². The van der Waals surface area contributed by atoms with Crippen LogP contribution in [0.1, 0.15) is 55.7 Å². The summed E-state index contributed by atoms with van der Waals surface area (Å²) in [7, 11) is 0. The van der Waals surface area contributed by atoms with Gasteiger partial charge in [0.25, 0.3) is 0 Å². The molecule has 0 atom stereocenters. The Labute approximate surface area is 192 Å². The van der Waals surface area contributed by atoms with Crippen LogP contribution in [-0.4, -0.2) is 38.8 Å². The van der Waals surface area contributed by atoms with E-state index < -0.39 is 11.5 Å². The molecule has 1 aliphatic carbocycles. The van der Waals surface area contributed by atoms with Crippen molar-refractivity contribution >= 4 is 17.7 Å². The molecule has 9 heteroatoms. The molecule has 1 aromatic heterocycles. The summed E-state index contributed by atoms with van der Waals surface area (Å²) in [6.45, 7) is 4.27. The minimum Gasteiger partial charge on any atom is -0.462 e. The van der Waals surface area contributed by atoms with Crippen molar-refractivity contribution in [2.45, 2.75) is 45.1 Å². The summed E-state index contributed by atoms with van der Waals surface area (Å²) >= 11 is 0. The topological polar surface area (TPSA) is 111 Å². The number of esters is 1. The molecule has 0 unspecified atom stereocenters. The molecule has 2 aromatic carbocycles. The van der Waals surface area contributed by atoms with Crippen LogP contribution >= 0.6 is 0 Å². The molecule has 3 aromatic rings. The van der Waals surface area contributed by atoms with E-state index in [9.17, 15) is 9.59 Å². The Morgan fingerprint density at radius 3 is 2.61 bits per heavy atom. The van der Waals surface area contributed by atoms with Crippen molar-refractivity contribution in [1.29, 1.82) is 0 Å². The van der Waals surface area contributed by atoms with Crippen molar-refractivity contribution in [2.24, 2.45) is 5.92 Å². The summed E-state index contributed by atoms with van der Waals surface area (Å²) in [5, 5.41) is 18.5. The lowest BCUT2D eigenvalue weighted by Crippen LogP contribution is -2.51. The molecule has 33 heavy (non-hydrogen) atoms. The first-order chi connectivity index (χ1) is 16.0. The van der Waals surface area contributed by atoms with Gasteiger partial charge in [-0.15, -0.1) is 5.10 Å². The molecule has 2 amide bonds. The van der Waals surface area contributed by atoms with Crippen LogP contribution in [0.25, 0.3) is 5.69 Å². The van der Waals surface area contributed by atoms with Crippen LogP contribution in [0.5, 0.6) is 0 Å². The van der Waals surface area contributed by atoms with Gasteiger partial charge in [-0.25, -0.2) is 9.59 Å². The first-order valence-corrected chi connectivity index (χ1v) is 11.2. The third kappa shape index (κ3) is 5.02. The lowest BCUT2D eigenvalue weighted by atomic mass is 9.76. The quantitative estimate of drug-likeness (QED) is 0.550. The minimum atomic E-state index is -0.741. The fraction of sp³-hybridized carbons (Fsp3) is 0.375. The van der Waals surface area contributed by atoms with Crippen molar-refractivity contribution in [3.63, 3.8) is 0 Å². The maximum absolute atomic E-state index is 13.0. The number of hydrogen-bond donors (Lipinski definition) is 2. The predicted molar refractivity (Wildman–Crippen MR) is 123 cm³/mol. The van der Waals surface area contributed by atoms with E-state index >= 15 is 0 Å². The molecule has 0 bridgehead atoms. The Balaban J connectivity index is 1.66. The van der Waals surface area contributed by atoms with E-state index in [4.69, 9.17) is 4.74 Å². The van der Waals surface area contributed by atoms with Gasteiger partial charge in [-0.05, 0) is 79.3 Å². The molecular formula is C24H28N6O3. The van der Waals surface area contributed by atoms with Gasteiger partial charge in [0.1, 0.15) is 5.54 Å². The van der Waals surface area contributed by atoms with E-state index in [1.54, 1.807) is 29.8 Å². The van der Waals surface area contributed by atoms with Gasteiger partial charge >= 0.3 is 12.0 Å². The lowest BCUT2D eigenvalue weighted by molar-refractivity contribution is 0.0526. The second kappa shape index (κ2) is 9.81. The third-order valence-corrected chi connectivity index (χ3v) is 6.01. The lowest BCUT2D eigenvalue weighted by Gasteiger charge is -2.38. The second-order valence-corrected chi connectivity index (χ2v) is 8.39. The van der Waals surface area contributed by atoms with E-state index in [1.807, 2.05) is 36.4 Å². The number of anilines is 1. The number of aromatic nitrogens is 4. The van der Waals surface area contributed by atoms with Crippen LogP contribution in [0.3, 0.4) is 0 Å². The number of ether oxygens (including phenoxy) is 1. The number of para-hydroxylation sites is 1. The highest BCUT2D eigenvalue weighted by atomic mass is 16.5. The molecule has 1 aliphatic rings. The highest BCUT2D eigenvalue weighted by Crippen LogP contribution is 2.39. The standard InChI is InChI=1S/C24H28N6O3/c1-3-33-21(31)18-8-7-11-20(16-18)30-22(27-28-29-30)24(14-12-17(2)13-15-24)26-23(32)25-19-9-5-4-6-10-19/h4-11,16-17H,3,12-15H2,1-2H3,(H2,25,26,32). The van der Waals surface area contributed by atoms with E-state index in [0.29, 0.717) is 48.1 Å². The molecule has 0 spiro atoms. The van der Waals surface area contributed by atoms with Crippen molar-refractivity contribution < 1.29 is 14.3 Å². The number of rotatable bonds is 6. The Bertz CT molecular complexity index is 1110. The zero-order chi connectivity index (χ0) is 23.3. The average molecular weight is 449 g/mol. The molecule has 1 heterocycles. The maximum atomic E-state index is 13.0. The molecular weight excluding hydrogens is 420 g/mol. The highest BCUT2D eigenvalue weighted by Gasteiger charge is 2.42. The van der Waals surface area contributed by atoms with E-state index in [-0.39, 0.29) is 6.03 Å². The zero-order valence-corrected chi connectivity index (χ0v) is 18.8. The third-order valence-electron chi connectivity index (χ3n) is 6.01. The maximum Gasteiger partial charge on any atom is 0.338 e. The van der Waals surface area contributed by atoms with Gasteiger partial charge in [0, 0.05) is 5.69 Å². The number of nitrogens with one attached hydrogen (secondary N) is 2. The number of carbonyl (C=O) groups is 2. The Hall–Kier alpha value is -3.75. The van der Waals surface area contributed by atoms with Crippen LogP contribution in [0.4, 0.5) is 10.5 Å². The summed E-state index contributed by atoms with van der Waals surface area (Å²) in [6, 6.07) is 16.0. The van der Waals surface area contributed by atoms with Crippen LogP contribution in [-0.2, 0) is 10.3 Å². The first kappa shape index (κ1) is 22.4. The molecule has 0 aliphatic heterocycles. The Morgan fingerprint density at radius 2 is 1.88 bits per heavy atom. The van der Waals surface area contributed by atoms with E-state index in [2.05, 4.69) is 33.1 Å². The van der Waals surface area contributed by atoms with Gasteiger partial charge in [-0.1, -0.05) is 31.2 Å². The molecule has 9 nitrogen and oxygen atoms in total. The zero-order valence-electron chi connectivity index (χ0n) is 18.8.